The van der Waals surface area contributed by atoms with E-state index in [0.717, 1.165) is 12.1 Å². The van der Waals surface area contributed by atoms with E-state index in [0.29, 0.717) is 5.39 Å². The summed E-state index contributed by atoms with van der Waals surface area (Å²) in [5, 5.41) is 5.17. The van der Waals surface area contributed by atoms with Gasteiger partial charge < -0.3 is 4.98 Å². The van der Waals surface area contributed by atoms with Crippen molar-refractivity contribution in [3.05, 3.63) is 40.4 Å². The highest BCUT2D eigenvalue weighted by atomic mass is 32.2. The molecule has 0 saturated carbocycles. The summed E-state index contributed by atoms with van der Waals surface area (Å²) < 4.78 is 35.4. The molecule has 0 aliphatic rings. The van der Waals surface area contributed by atoms with Gasteiger partial charge in [-0.2, -0.15) is 0 Å². The third-order valence-corrected chi connectivity index (χ3v) is 2.94. The van der Waals surface area contributed by atoms with Crippen molar-refractivity contribution in [2.24, 2.45) is 5.14 Å². The van der Waals surface area contributed by atoms with E-state index in [1.807, 2.05) is 0 Å². The first-order valence-electron chi connectivity index (χ1n) is 4.15. The summed E-state index contributed by atoms with van der Waals surface area (Å²) in [5.41, 5.74) is -0.330. The molecule has 2 rings (SSSR count). The van der Waals surface area contributed by atoms with Crippen molar-refractivity contribution in [1.29, 1.82) is 0 Å². The third-order valence-electron chi connectivity index (χ3n) is 2.02. The van der Waals surface area contributed by atoms with Crippen molar-refractivity contribution in [1.82, 2.24) is 4.98 Å². The molecule has 0 bridgehead atoms. The van der Waals surface area contributed by atoms with Crippen molar-refractivity contribution in [2.75, 3.05) is 0 Å². The maximum atomic E-state index is 13.4. The Kier molecular flexibility index (Phi) is 2.28. The Labute approximate surface area is 89.8 Å². The maximum absolute atomic E-state index is 13.4. The van der Waals surface area contributed by atoms with Crippen LogP contribution in [0.1, 0.15) is 0 Å². The summed E-state index contributed by atoms with van der Waals surface area (Å²) in [6, 6.07) is 5.52. The van der Waals surface area contributed by atoms with Crippen molar-refractivity contribution < 1.29 is 12.8 Å². The molecule has 0 atom stereocenters. The number of H-pyrrole nitrogens is 1. The zero-order valence-corrected chi connectivity index (χ0v) is 8.64. The van der Waals surface area contributed by atoms with Crippen LogP contribution in [0.25, 0.3) is 10.9 Å². The zero-order chi connectivity index (χ0) is 11.9. The van der Waals surface area contributed by atoms with Crippen molar-refractivity contribution in [2.45, 2.75) is 4.90 Å². The van der Waals surface area contributed by atoms with Crippen LogP contribution >= 0.6 is 0 Å². The Hall–Kier alpha value is -1.73. The Morgan fingerprint density at radius 1 is 1.38 bits per heavy atom. The van der Waals surface area contributed by atoms with Gasteiger partial charge in [-0.3, -0.25) is 4.79 Å². The number of aromatic amines is 1. The van der Waals surface area contributed by atoms with Gasteiger partial charge in [0.1, 0.15) is 10.7 Å². The molecule has 1 aromatic carbocycles. The minimum absolute atomic E-state index is 0.189. The number of primary sulfonamides is 1. The fourth-order valence-corrected chi connectivity index (χ4v) is 1.94. The fourth-order valence-electron chi connectivity index (χ4n) is 1.32. The third kappa shape index (κ3) is 1.82. The Morgan fingerprint density at radius 2 is 2.06 bits per heavy atom. The summed E-state index contributed by atoms with van der Waals surface area (Å²) in [6.45, 7) is 0. The molecule has 5 nitrogen and oxygen atoms in total. The molecule has 0 spiro atoms. The van der Waals surface area contributed by atoms with Gasteiger partial charge in [0.2, 0.25) is 10.0 Å². The molecule has 1 aromatic heterocycles. The molecule has 0 unspecified atom stereocenters. The lowest BCUT2D eigenvalue weighted by molar-refractivity contribution is 0.569. The monoisotopic (exact) mass is 241 g/mol. The van der Waals surface area contributed by atoms with Gasteiger partial charge in [0.05, 0.1) is 11.6 Å². The van der Waals surface area contributed by atoms with E-state index in [-0.39, 0.29) is 5.52 Å². The second kappa shape index (κ2) is 3.39. The molecule has 0 aliphatic heterocycles. The number of pyridine rings is 1. The summed E-state index contributed by atoms with van der Waals surface area (Å²) in [6.07, 6.45) is 0. The molecule has 1 heterocycles. The van der Waals surface area contributed by atoms with Crippen LogP contribution in [-0.2, 0) is 10.0 Å². The van der Waals surface area contributed by atoms with Crippen molar-refractivity contribution in [3.63, 3.8) is 0 Å². The average Bonchev–Trinajstić information content (AvgIpc) is 2.14. The predicted molar refractivity (Wildman–Crippen MR) is 54.7 cm³/mol. The summed E-state index contributed by atoms with van der Waals surface area (Å²) in [5.74, 6) is -1.00. The molecule has 0 saturated heterocycles. The molecular weight excluding hydrogens is 235 g/mol. The number of sulfonamides is 1. The Morgan fingerprint density at radius 3 is 2.69 bits per heavy atom. The molecule has 2 aromatic rings. The van der Waals surface area contributed by atoms with Crippen LogP contribution in [0.4, 0.5) is 4.39 Å². The first kappa shape index (κ1) is 10.8. The van der Waals surface area contributed by atoms with Crippen LogP contribution in [0.15, 0.2) is 27.9 Å². The topological polar surface area (TPSA) is 93.0 Å². The van der Waals surface area contributed by atoms with Gasteiger partial charge in [0.25, 0.3) is 5.56 Å². The molecule has 0 fully saturated rings. The summed E-state index contributed by atoms with van der Waals surface area (Å²) >= 11 is 0. The van der Waals surface area contributed by atoms with E-state index < -0.39 is 26.3 Å². The lowest BCUT2D eigenvalue weighted by Gasteiger charge is -2.02. The van der Waals surface area contributed by atoms with Crippen LogP contribution in [0.3, 0.4) is 0 Å². The van der Waals surface area contributed by atoms with E-state index in [1.54, 1.807) is 0 Å². The number of fused-ring (bicyclic) bond motifs is 1. The molecule has 1 radical (unpaired) electrons. The normalized spacial score (nSPS) is 11.9. The highest BCUT2D eigenvalue weighted by Gasteiger charge is 2.15. The number of benzene rings is 1. The number of hydrogen-bond donors (Lipinski definition) is 2. The van der Waals surface area contributed by atoms with Gasteiger partial charge in [-0.05, 0) is 18.2 Å². The Bertz CT molecular complexity index is 721. The molecule has 0 aliphatic carbocycles. The van der Waals surface area contributed by atoms with E-state index in [2.05, 4.69) is 11.1 Å². The van der Waals surface area contributed by atoms with Crippen LogP contribution in [0, 0.1) is 11.9 Å². The maximum Gasteiger partial charge on any atom is 0.256 e. The van der Waals surface area contributed by atoms with Crippen molar-refractivity contribution in [3.8, 4) is 0 Å². The van der Waals surface area contributed by atoms with E-state index >= 15 is 0 Å². The van der Waals surface area contributed by atoms with Gasteiger partial charge in [-0.25, -0.2) is 17.9 Å². The van der Waals surface area contributed by atoms with E-state index in [1.165, 1.54) is 6.07 Å². The van der Waals surface area contributed by atoms with E-state index in [4.69, 9.17) is 5.14 Å². The number of halogens is 1. The number of nitrogens with one attached hydrogen (secondary N) is 1. The average molecular weight is 241 g/mol. The van der Waals surface area contributed by atoms with Crippen molar-refractivity contribution >= 4 is 20.9 Å². The van der Waals surface area contributed by atoms with Gasteiger partial charge in [-0.1, -0.05) is 0 Å². The summed E-state index contributed by atoms with van der Waals surface area (Å²) in [4.78, 5) is 12.6. The molecular formula is C9H6FN2O3S. The lowest BCUT2D eigenvalue weighted by atomic mass is 10.2. The van der Waals surface area contributed by atoms with Crippen LogP contribution < -0.4 is 10.7 Å². The second-order valence-electron chi connectivity index (χ2n) is 3.16. The van der Waals surface area contributed by atoms with Gasteiger partial charge in [0.15, 0.2) is 0 Å². The van der Waals surface area contributed by atoms with Gasteiger partial charge >= 0.3 is 0 Å². The molecule has 83 valence electrons. The predicted octanol–water partition coefficient (Wildman–Crippen LogP) is 0.115. The number of hydrogen-bond acceptors (Lipinski definition) is 3. The Balaban J connectivity index is 2.88. The molecule has 0 amide bonds. The lowest BCUT2D eigenvalue weighted by Crippen LogP contribution is -2.14. The minimum Gasteiger partial charge on any atom is -0.321 e. The number of aromatic nitrogens is 1. The van der Waals surface area contributed by atoms with Gasteiger partial charge in [-0.15, -0.1) is 0 Å². The van der Waals surface area contributed by atoms with Crippen LogP contribution in [0.2, 0.25) is 0 Å². The highest BCUT2D eigenvalue weighted by molar-refractivity contribution is 7.89. The van der Waals surface area contributed by atoms with E-state index in [9.17, 15) is 17.6 Å². The SMILES string of the molecule is NS(=O)(=O)c1cc2c[c]c(=O)[nH]c2cc1F. The standard InChI is InChI=1S/C9H6FN2O3S/c10-6-4-7-5(1-2-9(13)12-7)3-8(6)16(11,14)15/h1,3-4H,(H,12,13)(H2,11,14,15). The zero-order valence-electron chi connectivity index (χ0n) is 7.82. The highest BCUT2D eigenvalue weighted by Crippen LogP contribution is 2.19. The first-order chi connectivity index (χ1) is 7.38. The number of nitrogens with two attached hydrogens (primary N) is 1. The quantitative estimate of drug-likeness (QED) is 0.742. The largest absolute Gasteiger partial charge is 0.321 e. The molecule has 16 heavy (non-hydrogen) atoms. The van der Waals surface area contributed by atoms with Crippen LogP contribution in [0.5, 0.6) is 0 Å². The molecule has 3 N–H and O–H groups in total. The number of rotatable bonds is 1. The van der Waals surface area contributed by atoms with Crippen LogP contribution in [-0.4, -0.2) is 13.4 Å². The van der Waals surface area contributed by atoms with Gasteiger partial charge in [0, 0.05) is 5.39 Å². The fraction of sp³-hybridized carbons (Fsp3) is 0. The summed E-state index contributed by atoms with van der Waals surface area (Å²) in [7, 11) is -4.12. The minimum atomic E-state index is -4.12. The first-order valence-corrected chi connectivity index (χ1v) is 5.69. The molecule has 7 heteroatoms. The smallest absolute Gasteiger partial charge is 0.256 e. The second-order valence-corrected chi connectivity index (χ2v) is 4.69.